The summed E-state index contributed by atoms with van der Waals surface area (Å²) in [4.78, 5) is 24.7. The average molecular weight is 600 g/mol. The van der Waals surface area contributed by atoms with Crippen molar-refractivity contribution in [3.05, 3.63) is 89.4 Å². The molecular weight excluding hydrogens is 561 g/mol. The van der Waals surface area contributed by atoms with E-state index in [4.69, 9.17) is 14.2 Å². The van der Waals surface area contributed by atoms with Crippen molar-refractivity contribution in [2.24, 2.45) is 0 Å². The minimum absolute atomic E-state index is 0.0109. The normalized spacial score (nSPS) is 13.0. The van der Waals surface area contributed by atoms with Crippen LogP contribution in [0.25, 0.3) is 0 Å². The van der Waals surface area contributed by atoms with Crippen LogP contribution in [0.4, 0.5) is 21.7 Å². The summed E-state index contributed by atoms with van der Waals surface area (Å²) in [5.74, 6) is 0.277. The zero-order valence-corrected chi connectivity index (χ0v) is 25.4. The molecule has 2 N–H and O–H groups in total. The highest BCUT2D eigenvalue weighted by atomic mass is 19.1. The molecule has 0 spiro atoms. The van der Waals surface area contributed by atoms with Gasteiger partial charge in [0.05, 0.1) is 13.2 Å². The van der Waals surface area contributed by atoms with Gasteiger partial charge in [-0.25, -0.2) is 9.37 Å². The summed E-state index contributed by atoms with van der Waals surface area (Å²) in [6, 6.07) is 17.5. The molecule has 230 valence electrons. The fraction of sp³-hybridized carbons (Fsp3) is 0.324. The van der Waals surface area contributed by atoms with Gasteiger partial charge in [0.2, 0.25) is 11.8 Å². The van der Waals surface area contributed by atoms with E-state index in [-0.39, 0.29) is 23.1 Å². The van der Waals surface area contributed by atoms with E-state index in [1.165, 1.54) is 25.1 Å². The number of aromatic nitrogens is 2. The fourth-order valence-corrected chi connectivity index (χ4v) is 5.07. The summed E-state index contributed by atoms with van der Waals surface area (Å²) in [7, 11) is 0. The van der Waals surface area contributed by atoms with Gasteiger partial charge in [0, 0.05) is 30.2 Å². The molecular formula is C34H38FN5O4. The number of ether oxygens (including phenoxy) is 3. The molecule has 2 heterocycles. The van der Waals surface area contributed by atoms with Crippen LogP contribution in [0.5, 0.6) is 23.1 Å². The van der Waals surface area contributed by atoms with Crippen LogP contribution in [-0.4, -0.2) is 53.6 Å². The van der Waals surface area contributed by atoms with Gasteiger partial charge in [-0.3, -0.25) is 4.79 Å². The minimum Gasteiger partial charge on any atom is -0.490 e. The number of rotatable bonds is 13. The molecule has 0 saturated carbocycles. The highest BCUT2D eigenvalue weighted by Crippen LogP contribution is 2.33. The van der Waals surface area contributed by atoms with Gasteiger partial charge >= 0.3 is 0 Å². The van der Waals surface area contributed by atoms with E-state index in [0.29, 0.717) is 36.1 Å². The van der Waals surface area contributed by atoms with E-state index in [2.05, 4.69) is 25.5 Å². The maximum absolute atomic E-state index is 14.9. The SMILES string of the molecule is CCOc1ccccc1Oc1nc(Nc2ccc(OCCCN3CCCC3)c(F)c2)ncc1C(=O)Nc1c(C)cccc1C. The molecule has 1 saturated heterocycles. The van der Waals surface area contributed by atoms with E-state index in [9.17, 15) is 9.18 Å². The Morgan fingerprint density at radius 3 is 2.43 bits per heavy atom. The van der Waals surface area contributed by atoms with Crippen molar-refractivity contribution in [2.75, 3.05) is 43.5 Å². The number of hydrogen-bond donors (Lipinski definition) is 2. The van der Waals surface area contributed by atoms with Crippen molar-refractivity contribution in [2.45, 2.75) is 40.0 Å². The zero-order chi connectivity index (χ0) is 30.9. The third-order valence-corrected chi connectivity index (χ3v) is 7.34. The first kappa shape index (κ1) is 30.7. The Balaban J connectivity index is 1.34. The molecule has 9 nitrogen and oxygen atoms in total. The van der Waals surface area contributed by atoms with Gasteiger partial charge in [0.1, 0.15) is 5.56 Å². The van der Waals surface area contributed by atoms with Crippen LogP contribution in [0.3, 0.4) is 0 Å². The Bertz CT molecular complexity index is 1570. The maximum Gasteiger partial charge on any atom is 0.262 e. The van der Waals surface area contributed by atoms with E-state index in [1.54, 1.807) is 30.3 Å². The lowest BCUT2D eigenvalue weighted by Crippen LogP contribution is -2.22. The largest absolute Gasteiger partial charge is 0.490 e. The van der Waals surface area contributed by atoms with Gasteiger partial charge in [0.25, 0.3) is 5.91 Å². The van der Waals surface area contributed by atoms with E-state index in [1.807, 2.05) is 45.0 Å². The lowest BCUT2D eigenvalue weighted by atomic mass is 10.1. The van der Waals surface area contributed by atoms with E-state index < -0.39 is 11.7 Å². The summed E-state index contributed by atoms with van der Waals surface area (Å²) in [6.45, 7) is 9.80. The molecule has 5 rings (SSSR count). The summed E-state index contributed by atoms with van der Waals surface area (Å²) in [5.41, 5.74) is 3.08. The fourth-order valence-electron chi connectivity index (χ4n) is 5.07. The topological polar surface area (TPSA) is 97.8 Å². The number of nitrogens with one attached hydrogen (secondary N) is 2. The highest BCUT2D eigenvalue weighted by molar-refractivity contribution is 6.06. The Labute approximate surface area is 257 Å². The van der Waals surface area contributed by atoms with Crippen LogP contribution in [0.1, 0.15) is 47.7 Å². The molecule has 1 aliphatic rings. The molecule has 1 aromatic heterocycles. The number of halogens is 1. The molecule has 3 aromatic carbocycles. The smallest absolute Gasteiger partial charge is 0.262 e. The number of anilines is 3. The zero-order valence-electron chi connectivity index (χ0n) is 25.4. The lowest BCUT2D eigenvalue weighted by Gasteiger charge is -2.16. The molecule has 10 heteroatoms. The van der Waals surface area contributed by atoms with Crippen LogP contribution in [0.2, 0.25) is 0 Å². The van der Waals surface area contributed by atoms with Gasteiger partial charge in [0.15, 0.2) is 23.1 Å². The third kappa shape index (κ3) is 7.82. The van der Waals surface area contributed by atoms with Crippen molar-refractivity contribution in [1.82, 2.24) is 14.9 Å². The first-order valence-electron chi connectivity index (χ1n) is 15.0. The summed E-state index contributed by atoms with van der Waals surface area (Å²) >= 11 is 0. The number of nitrogens with zero attached hydrogens (tertiary/aromatic N) is 3. The number of amides is 1. The van der Waals surface area contributed by atoms with Crippen LogP contribution in [-0.2, 0) is 0 Å². The second-order valence-corrected chi connectivity index (χ2v) is 10.6. The van der Waals surface area contributed by atoms with Gasteiger partial charge in [-0.15, -0.1) is 0 Å². The molecule has 0 radical (unpaired) electrons. The molecule has 0 unspecified atom stereocenters. The number of para-hydroxylation sites is 3. The number of benzene rings is 3. The lowest BCUT2D eigenvalue weighted by molar-refractivity contribution is 0.102. The maximum atomic E-state index is 14.9. The van der Waals surface area contributed by atoms with Crippen LogP contribution in [0.15, 0.2) is 66.9 Å². The summed E-state index contributed by atoms with van der Waals surface area (Å²) in [6.07, 6.45) is 4.70. The molecule has 0 bridgehead atoms. The number of likely N-dealkylation sites (tertiary alicyclic amines) is 1. The average Bonchev–Trinajstić information content (AvgIpc) is 3.53. The van der Waals surface area contributed by atoms with Crippen molar-refractivity contribution < 1.29 is 23.4 Å². The highest BCUT2D eigenvalue weighted by Gasteiger charge is 2.20. The first-order valence-corrected chi connectivity index (χ1v) is 15.0. The first-order chi connectivity index (χ1) is 21.4. The van der Waals surface area contributed by atoms with Crippen LogP contribution >= 0.6 is 0 Å². The summed E-state index contributed by atoms with van der Waals surface area (Å²) in [5, 5.41) is 5.97. The van der Waals surface area contributed by atoms with Crippen molar-refractivity contribution in [3.63, 3.8) is 0 Å². The van der Waals surface area contributed by atoms with Gasteiger partial charge in [-0.05, 0) is 88.5 Å². The predicted molar refractivity (Wildman–Crippen MR) is 169 cm³/mol. The third-order valence-electron chi connectivity index (χ3n) is 7.34. The van der Waals surface area contributed by atoms with E-state index >= 15 is 0 Å². The predicted octanol–water partition coefficient (Wildman–Crippen LogP) is 7.28. The van der Waals surface area contributed by atoms with Gasteiger partial charge < -0.3 is 29.7 Å². The van der Waals surface area contributed by atoms with E-state index in [0.717, 1.165) is 37.2 Å². The molecule has 0 atom stereocenters. The molecule has 1 fully saturated rings. The standard InChI is InChI=1S/C34H38FN5O4/c1-4-42-29-13-5-6-14-30(29)44-33-26(32(41)38-31-23(2)11-9-12-24(31)3)22-36-34(39-33)37-25-15-16-28(27(35)21-25)43-20-10-19-40-17-7-8-18-40/h5-6,9,11-16,21-22H,4,7-8,10,17-20H2,1-3H3,(H,38,41)(H,36,37,39). The Morgan fingerprint density at radius 1 is 0.955 bits per heavy atom. The van der Waals surface area contributed by atoms with Crippen LogP contribution < -0.4 is 24.8 Å². The molecule has 44 heavy (non-hydrogen) atoms. The number of aryl methyl sites for hydroxylation is 2. The second kappa shape index (κ2) is 14.7. The quantitative estimate of drug-likeness (QED) is 0.155. The van der Waals surface area contributed by atoms with Gasteiger partial charge in [-0.2, -0.15) is 4.98 Å². The van der Waals surface area contributed by atoms with Crippen molar-refractivity contribution in [3.8, 4) is 23.1 Å². The molecule has 1 aliphatic heterocycles. The molecule has 1 amide bonds. The van der Waals surface area contributed by atoms with Gasteiger partial charge in [-0.1, -0.05) is 30.3 Å². The molecule has 4 aromatic rings. The monoisotopic (exact) mass is 599 g/mol. The number of hydrogen-bond acceptors (Lipinski definition) is 8. The molecule has 0 aliphatic carbocycles. The Morgan fingerprint density at radius 2 is 1.70 bits per heavy atom. The Hall–Kier alpha value is -4.70. The number of carbonyl (C=O) groups is 1. The number of carbonyl (C=O) groups excluding carboxylic acids is 1. The summed E-state index contributed by atoms with van der Waals surface area (Å²) < 4.78 is 32.4. The second-order valence-electron chi connectivity index (χ2n) is 10.6. The van der Waals surface area contributed by atoms with Crippen molar-refractivity contribution >= 4 is 23.2 Å². The van der Waals surface area contributed by atoms with Crippen LogP contribution in [0, 0.1) is 19.7 Å². The minimum atomic E-state index is -0.497. The Kier molecular flexibility index (Phi) is 10.2. The van der Waals surface area contributed by atoms with Crippen molar-refractivity contribution in [1.29, 1.82) is 0 Å².